The molecule has 0 unspecified atom stereocenters. The largest absolute Gasteiger partial charge is 0.354 e. The number of hydrogen-bond acceptors (Lipinski definition) is 1. The number of carbonyl (C=O) groups is 1. The Hall–Kier alpha value is -0.360. The van der Waals surface area contributed by atoms with Crippen LogP contribution in [-0.2, 0) is 4.79 Å². The SMILES string of the molecule is CC(=O)N[C@@H](CCCC#C/C=C/Cl)CCCCCCC(Cl)Cl. The maximum Gasteiger partial charge on any atom is 0.217 e. The fraction of sp³-hybridized carbons (Fsp3) is 0.706. The fourth-order valence-electron chi connectivity index (χ4n) is 2.22. The molecule has 0 spiro atoms. The Morgan fingerprint density at radius 3 is 2.32 bits per heavy atom. The quantitative estimate of drug-likeness (QED) is 0.289. The van der Waals surface area contributed by atoms with Gasteiger partial charge in [0.2, 0.25) is 5.91 Å². The zero-order valence-electron chi connectivity index (χ0n) is 13.2. The van der Waals surface area contributed by atoms with E-state index < -0.39 is 0 Å². The van der Waals surface area contributed by atoms with Gasteiger partial charge in [0.15, 0.2) is 0 Å². The average molecular weight is 367 g/mol. The van der Waals surface area contributed by atoms with Crippen LogP contribution in [0.25, 0.3) is 0 Å². The third kappa shape index (κ3) is 16.0. The van der Waals surface area contributed by atoms with Crippen LogP contribution in [0.15, 0.2) is 11.6 Å². The first-order valence-corrected chi connectivity index (χ1v) is 9.16. The predicted octanol–water partition coefficient (Wildman–Crippen LogP) is 5.56. The van der Waals surface area contributed by atoms with Gasteiger partial charge >= 0.3 is 0 Å². The molecule has 0 bridgehead atoms. The molecule has 0 radical (unpaired) electrons. The Balaban J connectivity index is 3.83. The molecule has 126 valence electrons. The zero-order valence-corrected chi connectivity index (χ0v) is 15.5. The third-order valence-corrected chi connectivity index (χ3v) is 3.80. The summed E-state index contributed by atoms with van der Waals surface area (Å²) in [5.41, 5.74) is 1.41. The minimum Gasteiger partial charge on any atom is -0.354 e. The number of unbranched alkanes of at least 4 members (excludes halogenated alkanes) is 4. The monoisotopic (exact) mass is 365 g/mol. The molecule has 0 aliphatic rings. The van der Waals surface area contributed by atoms with Crippen LogP contribution < -0.4 is 5.32 Å². The molecule has 0 aromatic heterocycles. The van der Waals surface area contributed by atoms with Crippen LogP contribution in [0.1, 0.15) is 64.7 Å². The van der Waals surface area contributed by atoms with Crippen molar-refractivity contribution in [2.45, 2.75) is 75.6 Å². The minimum absolute atomic E-state index is 0.0354. The van der Waals surface area contributed by atoms with Gasteiger partial charge in [0.25, 0.3) is 0 Å². The number of allylic oxidation sites excluding steroid dienone is 1. The highest BCUT2D eigenvalue weighted by atomic mass is 35.5. The van der Waals surface area contributed by atoms with Gasteiger partial charge in [0, 0.05) is 24.9 Å². The smallest absolute Gasteiger partial charge is 0.217 e. The molecule has 5 heteroatoms. The molecule has 1 amide bonds. The van der Waals surface area contributed by atoms with E-state index in [4.69, 9.17) is 34.8 Å². The van der Waals surface area contributed by atoms with E-state index in [1.54, 1.807) is 13.0 Å². The van der Waals surface area contributed by atoms with E-state index in [0.717, 1.165) is 57.8 Å². The molecule has 0 heterocycles. The first-order chi connectivity index (χ1) is 10.6. The first kappa shape index (κ1) is 21.6. The number of halogens is 3. The molecular formula is C17H26Cl3NO. The molecule has 0 aliphatic carbocycles. The lowest BCUT2D eigenvalue weighted by molar-refractivity contribution is -0.119. The van der Waals surface area contributed by atoms with Crippen LogP contribution in [-0.4, -0.2) is 16.8 Å². The summed E-state index contributed by atoms with van der Waals surface area (Å²) >= 11 is 16.8. The molecule has 22 heavy (non-hydrogen) atoms. The van der Waals surface area contributed by atoms with Crippen molar-refractivity contribution in [2.75, 3.05) is 0 Å². The highest BCUT2D eigenvalue weighted by molar-refractivity contribution is 6.44. The third-order valence-electron chi connectivity index (χ3n) is 3.24. The fourth-order valence-corrected chi connectivity index (χ4v) is 2.59. The van der Waals surface area contributed by atoms with Gasteiger partial charge in [-0.15, -0.1) is 23.2 Å². The molecule has 0 saturated heterocycles. The lowest BCUT2D eigenvalue weighted by Gasteiger charge is -2.17. The van der Waals surface area contributed by atoms with E-state index in [2.05, 4.69) is 17.2 Å². The van der Waals surface area contributed by atoms with Crippen molar-refractivity contribution in [1.29, 1.82) is 0 Å². The predicted molar refractivity (Wildman–Crippen MR) is 97.4 cm³/mol. The highest BCUT2D eigenvalue weighted by Gasteiger charge is 2.09. The molecule has 0 aliphatic heterocycles. The van der Waals surface area contributed by atoms with Gasteiger partial charge in [0.05, 0.1) is 0 Å². The van der Waals surface area contributed by atoms with Crippen LogP contribution in [0.4, 0.5) is 0 Å². The lowest BCUT2D eigenvalue weighted by Crippen LogP contribution is -2.32. The Morgan fingerprint density at radius 1 is 1.09 bits per heavy atom. The molecule has 1 atom stereocenters. The maximum atomic E-state index is 11.2. The second-order valence-electron chi connectivity index (χ2n) is 5.29. The lowest BCUT2D eigenvalue weighted by atomic mass is 10.0. The summed E-state index contributed by atoms with van der Waals surface area (Å²) in [7, 11) is 0. The van der Waals surface area contributed by atoms with E-state index in [1.165, 1.54) is 5.54 Å². The van der Waals surface area contributed by atoms with Crippen LogP contribution in [0.3, 0.4) is 0 Å². The minimum atomic E-state index is -0.248. The van der Waals surface area contributed by atoms with Gasteiger partial charge in [-0.05, 0) is 31.8 Å². The summed E-state index contributed by atoms with van der Waals surface area (Å²) in [4.78, 5) is 11.0. The van der Waals surface area contributed by atoms with Crippen molar-refractivity contribution in [2.24, 2.45) is 0 Å². The van der Waals surface area contributed by atoms with Crippen LogP contribution in [0, 0.1) is 11.8 Å². The highest BCUT2D eigenvalue weighted by Crippen LogP contribution is 2.15. The standard InChI is InChI=1S/C17H26Cl3NO/c1-15(22)21-16(11-7-3-2-6-10-14-18)12-8-4-5-9-13-17(19)20/h10,14,16-17H,3-5,7-9,11-13H2,1H3,(H,21,22)/b14-10+/t16-/m0/s1. The van der Waals surface area contributed by atoms with E-state index in [9.17, 15) is 4.79 Å². The Morgan fingerprint density at radius 2 is 1.73 bits per heavy atom. The van der Waals surface area contributed by atoms with Gasteiger partial charge in [0.1, 0.15) is 4.84 Å². The summed E-state index contributed by atoms with van der Waals surface area (Å²) in [5.74, 6) is 5.92. The van der Waals surface area contributed by atoms with Gasteiger partial charge in [-0.2, -0.15) is 0 Å². The van der Waals surface area contributed by atoms with Crippen molar-refractivity contribution >= 4 is 40.7 Å². The van der Waals surface area contributed by atoms with Gasteiger partial charge in [-0.3, -0.25) is 4.79 Å². The van der Waals surface area contributed by atoms with Crippen molar-refractivity contribution in [1.82, 2.24) is 5.32 Å². The van der Waals surface area contributed by atoms with E-state index in [0.29, 0.717) is 0 Å². The van der Waals surface area contributed by atoms with E-state index in [1.807, 2.05) is 0 Å². The number of nitrogens with one attached hydrogen (secondary N) is 1. The molecule has 0 rings (SSSR count). The summed E-state index contributed by atoms with van der Waals surface area (Å²) < 4.78 is 0. The van der Waals surface area contributed by atoms with Gasteiger partial charge < -0.3 is 5.32 Å². The van der Waals surface area contributed by atoms with Gasteiger partial charge in [-0.25, -0.2) is 0 Å². The van der Waals surface area contributed by atoms with Crippen molar-refractivity contribution in [3.63, 3.8) is 0 Å². The number of rotatable bonds is 11. The molecule has 0 aromatic carbocycles. The molecule has 2 nitrogen and oxygen atoms in total. The summed E-state index contributed by atoms with van der Waals surface area (Å²) in [6.07, 6.45) is 10.7. The Kier molecular flexibility index (Phi) is 15.3. The molecule has 0 aromatic rings. The van der Waals surface area contributed by atoms with Gasteiger partial charge in [-0.1, -0.05) is 49.1 Å². The Bertz CT molecular complexity index is 372. The van der Waals surface area contributed by atoms with Crippen molar-refractivity contribution in [3.8, 4) is 11.8 Å². The van der Waals surface area contributed by atoms with Crippen LogP contribution in [0.5, 0.6) is 0 Å². The summed E-state index contributed by atoms with van der Waals surface area (Å²) in [6.45, 7) is 1.57. The van der Waals surface area contributed by atoms with E-state index >= 15 is 0 Å². The van der Waals surface area contributed by atoms with Crippen LogP contribution >= 0.6 is 34.8 Å². The molecule has 0 saturated carbocycles. The summed E-state index contributed by atoms with van der Waals surface area (Å²) in [6, 6.07) is 0.247. The number of alkyl halides is 2. The molecule has 0 fully saturated rings. The Labute approximate surface area is 150 Å². The van der Waals surface area contributed by atoms with Crippen molar-refractivity contribution < 1.29 is 4.79 Å². The van der Waals surface area contributed by atoms with Crippen LogP contribution in [0.2, 0.25) is 0 Å². The second kappa shape index (κ2) is 15.5. The normalized spacial score (nSPS) is 12.2. The molecular weight excluding hydrogens is 341 g/mol. The average Bonchev–Trinajstić information content (AvgIpc) is 2.45. The second-order valence-corrected chi connectivity index (χ2v) is 6.82. The summed E-state index contributed by atoms with van der Waals surface area (Å²) in [5, 5.41) is 3.03. The number of amides is 1. The van der Waals surface area contributed by atoms with E-state index in [-0.39, 0.29) is 16.8 Å². The molecule has 1 N–H and O–H groups in total. The number of hydrogen-bond donors (Lipinski definition) is 1. The first-order valence-electron chi connectivity index (χ1n) is 7.85. The maximum absolute atomic E-state index is 11.2. The zero-order chi connectivity index (χ0) is 16.6. The van der Waals surface area contributed by atoms with Crippen molar-refractivity contribution in [3.05, 3.63) is 11.6 Å². The number of carbonyl (C=O) groups excluding carboxylic acids is 1. The topological polar surface area (TPSA) is 29.1 Å².